The first-order chi connectivity index (χ1) is 20.2. The van der Waals surface area contributed by atoms with Gasteiger partial charge < -0.3 is 20.1 Å². The van der Waals surface area contributed by atoms with Gasteiger partial charge in [-0.3, -0.25) is 4.79 Å². The van der Waals surface area contributed by atoms with E-state index in [-0.39, 0.29) is 17.5 Å². The number of aromatic nitrogens is 1. The molecule has 2 aromatic carbocycles. The number of nitrogens with zero attached hydrogens (tertiary/aromatic N) is 2. The summed E-state index contributed by atoms with van der Waals surface area (Å²) in [7, 11) is 4.05. The van der Waals surface area contributed by atoms with Crippen molar-refractivity contribution < 1.29 is 19.4 Å². The molecule has 4 aliphatic rings. The van der Waals surface area contributed by atoms with Gasteiger partial charge in [0.25, 0.3) is 5.91 Å². The number of carbonyl (C=O) groups is 2. The normalized spacial score (nSPS) is 25.9. The molecule has 4 aliphatic carbocycles. The third kappa shape index (κ3) is 5.40. The molecular formula is C34H38ClN3O4. The number of hydrogen-bond donors (Lipinski definition) is 2. The van der Waals surface area contributed by atoms with Crippen LogP contribution in [0.2, 0.25) is 5.02 Å². The number of carboxylic acids is 1. The second-order valence-corrected chi connectivity index (χ2v) is 12.9. The van der Waals surface area contributed by atoms with Crippen molar-refractivity contribution in [2.24, 2.45) is 23.7 Å². The van der Waals surface area contributed by atoms with Gasteiger partial charge in [0.2, 0.25) is 0 Å². The molecule has 1 aromatic heterocycles. The molecule has 0 saturated heterocycles. The lowest BCUT2D eigenvalue weighted by molar-refractivity contribution is -0.163. The van der Waals surface area contributed by atoms with Gasteiger partial charge in [-0.05, 0) is 106 Å². The average molecular weight is 588 g/mol. The first kappa shape index (κ1) is 28.7. The number of carboxylic acid groups (broad SMARTS) is 1. The van der Waals surface area contributed by atoms with Crippen molar-refractivity contribution in [3.8, 4) is 28.1 Å². The summed E-state index contributed by atoms with van der Waals surface area (Å²) in [5.74, 6) is 0.275. The van der Waals surface area contributed by atoms with Crippen molar-refractivity contribution in [2.45, 2.75) is 44.1 Å². The van der Waals surface area contributed by atoms with Crippen LogP contribution < -0.4 is 10.1 Å². The Morgan fingerprint density at radius 3 is 2.31 bits per heavy atom. The van der Waals surface area contributed by atoms with E-state index in [4.69, 9.17) is 21.3 Å². The Morgan fingerprint density at radius 1 is 0.976 bits per heavy atom. The van der Waals surface area contributed by atoms with Gasteiger partial charge in [0, 0.05) is 17.7 Å². The maximum Gasteiger partial charge on any atom is 0.330 e. The Kier molecular flexibility index (Phi) is 7.99. The number of aliphatic carboxylic acids is 1. The minimum Gasteiger partial charge on any atom is -0.492 e. The number of pyridine rings is 1. The molecule has 7 rings (SSSR count). The van der Waals surface area contributed by atoms with Gasteiger partial charge in [0.1, 0.15) is 17.0 Å². The first-order valence-corrected chi connectivity index (χ1v) is 15.3. The van der Waals surface area contributed by atoms with E-state index in [2.05, 4.69) is 10.2 Å². The number of ether oxygens (including phenoxy) is 1. The molecule has 0 spiro atoms. The number of benzene rings is 2. The Morgan fingerprint density at radius 2 is 1.67 bits per heavy atom. The Hall–Kier alpha value is -3.42. The predicted octanol–water partition coefficient (Wildman–Crippen LogP) is 6.41. The molecule has 2 N–H and O–H groups in total. The lowest BCUT2D eigenvalue weighted by atomic mass is 9.48. The van der Waals surface area contributed by atoms with E-state index in [1.807, 2.05) is 62.6 Å². The number of hydrogen-bond acceptors (Lipinski definition) is 5. The van der Waals surface area contributed by atoms with Crippen LogP contribution in [-0.2, 0) is 4.79 Å². The van der Waals surface area contributed by atoms with Crippen molar-refractivity contribution in [1.82, 2.24) is 15.2 Å². The molecule has 0 aliphatic heterocycles. The molecule has 4 bridgehead atoms. The van der Waals surface area contributed by atoms with Crippen LogP contribution in [-0.4, -0.2) is 59.7 Å². The van der Waals surface area contributed by atoms with E-state index in [0.717, 1.165) is 55.3 Å². The van der Waals surface area contributed by atoms with E-state index < -0.39 is 17.4 Å². The smallest absolute Gasteiger partial charge is 0.330 e. The maximum atomic E-state index is 13.8. The molecule has 0 atom stereocenters. The molecule has 4 fully saturated rings. The number of amides is 1. The molecule has 4 saturated carbocycles. The van der Waals surface area contributed by atoms with Crippen molar-refractivity contribution in [3.05, 3.63) is 71.4 Å². The van der Waals surface area contributed by atoms with Gasteiger partial charge in [0.15, 0.2) is 0 Å². The number of rotatable bonds is 10. The quantitative estimate of drug-likeness (QED) is 0.266. The molecule has 3 aromatic rings. The van der Waals surface area contributed by atoms with Crippen LogP contribution in [0.1, 0.15) is 49.0 Å². The highest BCUT2D eigenvalue weighted by Gasteiger charge is 2.62. The van der Waals surface area contributed by atoms with E-state index in [0.29, 0.717) is 34.9 Å². The standard InChI is InChI=1S/C34H38ClN3O4/c1-38(2)13-6-14-42-30-20-24(9-11-28(30)35)31-27(23-7-4-3-5-8-23)10-12-29(36-31)32(39)37-34(33(40)41)25-16-21-15-22(18-25)19-26(34)17-21/h3-5,7-12,20-22,25-26H,6,13-19H2,1-2H3,(H,37,39)(H,40,41). The third-order valence-electron chi connectivity index (χ3n) is 9.52. The van der Waals surface area contributed by atoms with Gasteiger partial charge in [-0.2, -0.15) is 0 Å². The molecule has 220 valence electrons. The summed E-state index contributed by atoms with van der Waals surface area (Å²) in [6, 6.07) is 19.0. The summed E-state index contributed by atoms with van der Waals surface area (Å²) in [5.41, 5.74) is 2.14. The number of carbonyl (C=O) groups excluding carboxylic acids is 1. The summed E-state index contributed by atoms with van der Waals surface area (Å²) in [5, 5.41) is 14.1. The highest BCUT2D eigenvalue weighted by molar-refractivity contribution is 6.32. The van der Waals surface area contributed by atoms with E-state index in [1.54, 1.807) is 12.1 Å². The molecule has 0 unspecified atom stereocenters. The zero-order valence-corrected chi connectivity index (χ0v) is 24.9. The average Bonchev–Trinajstić information content (AvgIpc) is 2.97. The lowest BCUT2D eigenvalue weighted by Crippen LogP contribution is -2.70. The second kappa shape index (κ2) is 11.7. The summed E-state index contributed by atoms with van der Waals surface area (Å²) in [4.78, 5) is 33.7. The second-order valence-electron chi connectivity index (χ2n) is 12.5. The first-order valence-electron chi connectivity index (χ1n) is 14.9. The van der Waals surface area contributed by atoms with Crippen molar-refractivity contribution in [3.63, 3.8) is 0 Å². The fourth-order valence-corrected chi connectivity index (χ4v) is 7.94. The Labute approximate surface area is 252 Å². The van der Waals surface area contributed by atoms with Gasteiger partial charge >= 0.3 is 5.97 Å². The molecule has 0 radical (unpaired) electrons. The van der Waals surface area contributed by atoms with Crippen molar-refractivity contribution >= 4 is 23.5 Å². The van der Waals surface area contributed by atoms with E-state index >= 15 is 0 Å². The topological polar surface area (TPSA) is 91.8 Å². The van der Waals surface area contributed by atoms with Gasteiger partial charge in [-0.15, -0.1) is 0 Å². The number of nitrogens with one attached hydrogen (secondary N) is 1. The summed E-state index contributed by atoms with van der Waals surface area (Å²) in [6.45, 7) is 1.42. The van der Waals surface area contributed by atoms with Gasteiger partial charge in [0.05, 0.1) is 17.3 Å². The molecule has 8 heteroatoms. The summed E-state index contributed by atoms with van der Waals surface area (Å²) >= 11 is 6.50. The lowest BCUT2D eigenvalue weighted by Gasteiger charge is -2.59. The van der Waals surface area contributed by atoms with E-state index in [1.165, 1.54) is 6.42 Å². The van der Waals surface area contributed by atoms with Crippen LogP contribution in [0.3, 0.4) is 0 Å². The van der Waals surface area contributed by atoms with Crippen molar-refractivity contribution in [1.29, 1.82) is 0 Å². The van der Waals surface area contributed by atoms with E-state index in [9.17, 15) is 14.7 Å². The minimum atomic E-state index is -1.24. The summed E-state index contributed by atoms with van der Waals surface area (Å²) in [6.07, 6.45) is 5.53. The maximum absolute atomic E-state index is 13.8. The SMILES string of the molecule is CN(C)CCCOc1cc(-c2nc(C(=O)NC3(C(=O)O)C4CC5CC(C4)CC3C5)ccc2-c2ccccc2)ccc1Cl. The van der Waals surface area contributed by atoms with Crippen LogP contribution in [0.4, 0.5) is 0 Å². The van der Waals surface area contributed by atoms with Crippen LogP contribution in [0.25, 0.3) is 22.4 Å². The van der Waals surface area contributed by atoms with Crippen LogP contribution in [0, 0.1) is 23.7 Å². The Balaban J connectivity index is 1.34. The largest absolute Gasteiger partial charge is 0.492 e. The van der Waals surface area contributed by atoms with Crippen LogP contribution in [0.15, 0.2) is 60.7 Å². The highest BCUT2D eigenvalue weighted by Crippen LogP contribution is 2.58. The highest BCUT2D eigenvalue weighted by atomic mass is 35.5. The van der Waals surface area contributed by atoms with Crippen molar-refractivity contribution in [2.75, 3.05) is 27.2 Å². The fourth-order valence-electron chi connectivity index (χ4n) is 7.77. The van der Waals surface area contributed by atoms with Crippen LogP contribution in [0.5, 0.6) is 5.75 Å². The predicted molar refractivity (Wildman–Crippen MR) is 164 cm³/mol. The third-order valence-corrected chi connectivity index (χ3v) is 9.84. The minimum absolute atomic E-state index is 0.0401. The zero-order chi connectivity index (χ0) is 29.4. The number of halogens is 1. The van der Waals surface area contributed by atoms with Gasteiger partial charge in [-0.1, -0.05) is 48.0 Å². The zero-order valence-electron chi connectivity index (χ0n) is 24.2. The van der Waals surface area contributed by atoms with Gasteiger partial charge in [-0.25, -0.2) is 9.78 Å². The molecule has 1 amide bonds. The Bertz CT molecular complexity index is 1450. The molecule has 1 heterocycles. The summed E-state index contributed by atoms with van der Waals surface area (Å²) < 4.78 is 6.04. The molecule has 42 heavy (non-hydrogen) atoms. The fraction of sp³-hybridized carbons (Fsp3) is 0.441. The molecular weight excluding hydrogens is 550 g/mol. The monoisotopic (exact) mass is 587 g/mol. The van der Waals surface area contributed by atoms with Crippen LogP contribution >= 0.6 is 11.6 Å². The molecule has 7 nitrogen and oxygen atoms in total.